The van der Waals surface area contributed by atoms with Gasteiger partial charge in [-0.25, -0.2) is 0 Å². The molecule has 4 amide bonds. The van der Waals surface area contributed by atoms with Gasteiger partial charge in [0.2, 0.25) is 23.6 Å². The van der Waals surface area contributed by atoms with Gasteiger partial charge in [0.25, 0.3) is 0 Å². The van der Waals surface area contributed by atoms with Crippen LogP contribution in [0.1, 0.15) is 64.7 Å². The minimum absolute atomic E-state index is 0.0622. The number of fused-ring (bicyclic) bond motifs is 8. The average Bonchev–Trinajstić information content (AvgIpc) is 3.65. The maximum absolute atomic E-state index is 13.6. The van der Waals surface area contributed by atoms with Gasteiger partial charge in [0.1, 0.15) is 0 Å². The molecule has 11 nitrogen and oxygen atoms in total. The molecule has 6 fully saturated rings. The van der Waals surface area contributed by atoms with E-state index in [2.05, 4.69) is 15.1 Å². The van der Waals surface area contributed by atoms with Gasteiger partial charge in [0.15, 0.2) is 0 Å². The van der Waals surface area contributed by atoms with E-state index in [1.165, 1.54) is 0 Å². The SMILES string of the molecule is C[C@@H]1NC(=O)[C@@H]2C[C@H](N(C)C)CN2C2CCN(CC2)C(=O)C[C@H]2CN(CC[C@H]2CC(=O)N2CCCC2)C(=O)C[C@@H]1O. The molecule has 11 heteroatoms. The number of carbonyl (C=O) groups excluding carboxylic acids is 4. The lowest BCUT2D eigenvalue weighted by molar-refractivity contribution is -0.141. The van der Waals surface area contributed by atoms with E-state index in [0.717, 1.165) is 45.3 Å². The first-order valence-electron chi connectivity index (χ1n) is 15.8. The maximum atomic E-state index is 13.6. The number of amides is 4. The molecule has 6 saturated heterocycles. The molecule has 6 rings (SSSR count). The minimum Gasteiger partial charge on any atom is -0.390 e. The second kappa shape index (κ2) is 13.0. The van der Waals surface area contributed by atoms with E-state index >= 15 is 0 Å². The third-order valence-corrected chi connectivity index (χ3v) is 10.5. The van der Waals surface area contributed by atoms with Crippen LogP contribution in [0.4, 0.5) is 0 Å². The maximum Gasteiger partial charge on any atom is 0.237 e. The number of rotatable bonds is 3. The fourth-order valence-electron chi connectivity index (χ4n) is 7.70. The predicted octanol–water partition coefficient (Wildman–Crippen LogP) is 0.119. The van der Waals surface area contributed by atoms with E-state index in [9.17, 15) is 24.3 Å². The molecule has 0 radical (unpaired) electrons. The van der Waals surface area contributed by atoms with E-state index in [1.807, 2.05) is 23.9 Å². The van der Waals surface area contributed by atoms with Crippen molar-refractivity contribution >= 4 is 23.6 Å². The summed E-state index contributed by atoms with van der Waals surface area (Å²) in [6, 6.07) is -0.386. The summed E-state index contributed by atoms with van der Waals surface area (Å²) >= 11 is 0. The van der Waals surface area contributed by atoms with Gasteiger partial charge in [0, 0.05) is 70.7 Å². The van der Waals surface area contributed by atoms with Gasteiger partial charge < -0.3 is 30.0 Å². The van der Waals surface area contributed by atoms with E-state index < -0.39 is 12.1 Å². The van der Waals surface area contributed by atoms with Gasteiger partial charge in [-0.3, -0.25) is 24.1 Å². The smallest absolute Gasteiger partial charge is 0.237 e. The molecule has 6 heterocycles. The van der Waals surface area contributed by atoms with Gasteiger partial charge in [-0.05, 0) is 71.4 Å². The van der Waals surface area contributed by atoms with Crippen LogP contribution in [0.25, 0.3) is 0 Å². The van der Waals surface area contributed by atoms with Crippen LogP contribution in [-0.4, -0.2) is 143 Å². The molecule has 0 saturated carbocycles. The molecule has 2 N–H and O–H groups in total. The third kappa shape index (κ3) is 6.88. The Labute approximate surface area is 244 Å². The Bertz CT molecular complexity index is 978. The number of carbonyl (C=O) groups is 4. The molecule has 0 aromatic heterocycles. The lowest BCUT2D eigenvalue weighted by atomic mass is 9.80. The molecule has 6 aliphatic heterocycles. The van der Waals surface area contributed by atoms with Crippen molar-refractivity contribution in [2.75, 3.05) is 59.9 Å². The summed E-state index contributed by atoms with van der Waals surface area (Å²) < 4.78 is 0. The van der Waals surface area contributed by atoms with Gasteiger partial charge in [0.05, 0.1) is 24.6 Å². The summed E-state index contributed by atoms with van der Waals surface area (Å²) in [4.78, 5) is 63.6. The second-order valence-electron chi connectivity index (χ2n) is 13.4. The van der Waals surface area contributed by atoms with E-state index in [1.54, 1.807) is 11.8 Å². The number of likely N-dealkylation sites (N-methyl/N-ethyl adjacent to an activating group) is 1. The van der Waals surface area contributed by atoms with Crippen molar-refractivity contribution in [3.05, 3.63) is 0 Å². The summed E-state index contributed by atoms with van der Waals surface area (Å²) in [5.41, 5.74) is 0. The molecule has 230 valence electrons. The Morgan fingerprint density at radius 1 is 0.927 bits per heavy atom. The van der Waals surface area contributed by atoms with Crippen molar-refractivity contribution in [3.63, 3.8) is 0 Å². The number of likely N-dealkylation sites (tertiary alicyclic amines) is 1. The van der Waals surface area contributed by atoms with Gasteiger partial charge in [-0.15, -0.1) is 0 Å². The van der Waals surface area contributed by atoms with Crippen LogP contribution in [0.2, 0.25) is 0 Å². The van der Waals surface area contributed by atoms with Crippen LogP contribution in [0, 0.1) is 11.8 Å². The summed E-state index contributed by atoms with van der Waals surface area (Å²) in [6.07, 6.45) is 4.81. The minimum atomic E-state index is -1.00. The molecule has 0 aliphatic carbocycles. The summed E-state index contributed by atoms with van der Waals surface area (Å²) in [5, 5.41) is 14.0. The van der Waals surface area contributed by atoms with Crippen LogP contribution in [0.5, 0.6) is 0 Å². The number of aliphatic hydroxyl groups is 1. The monoisotopic (exact) mass is 574 g/mol. The molecule has 4 bridgehead atoms. The highest BCUT2D eigenvalue weighted by molar-refractivity contribution is 5.83. The van der Waals surface area contributed by atoms with E-state index in [0.29, 0.717) is 51.9 Å². The van der Waals surface area contributed by atoms with Crippen molar-refractivity contribution < 1.29 is 24.3 Å². The Balaban J connectivity index is 1.34. The van der Waals surface area contributed by atoms with Crippen molar-refractivity contribution in [3.8, 4) is 0 Å². The normalized spacial score (nSPS) is 36.1. The van der Waals surface area contributed by atoms with E-state index in [4.69, 9.17) is 0 Å². The quantitative estimate of drug-likeness (QED) is 0.492. The zero-order chi connectivity index (χ0) is 29.3. The molecule has 0 spiro atoms. The largest absolute Gasteiger partial charge is 0.390 e. The first-order chi connectivity index (χ1) is 19.6. The van der Waals surface area contributed by atoms with Crippen LogP contribution in [0.3, 0.4) is 0 Å². The molecule has 0 unspecified atom stereocenters. The fraction of sp³-hybridized carbons (Fsp3) is 0.867. The Morgan fingerprint density at radius 3 is 2.27 bits per heavy atom. The lowest BCUT2D eigenvalue weighted by Crippen LogP contribution is -2.54. The third-order valence-electron chi connectivity index (χ3n) is 10.5. The molecule has 6 aliphatic rings. The van der Waals surface area contributed by atoms with Crippen LogP contribution < -0.4 is 5.32 Å². The van der Waals surface area contributed by atoms with Crippen LogP contribution >= 0.6 is 0 Å². The first-order valence-corrected chi connectivity index (χ1v) is 15.8. The molecule has 0 aromatic carbocycles. The topological polar surface area (TPSA) is 117 Å². The Morgan fingerprint density at radius 2 is 1.59 bits per heavy atom. The van der Waals surface area contributed by atoms with Crippen LogP contribution in [-0.2, 0) is 19.2 Å². The average molecular weight is 575 g/mol. The number of piperidine rings is 2. The highest BCUT2D eigenvalue weighted by Gasteiger charge is 2.44. The fourth-order valence-corrected chi connectivity index (χ4v) is 7.70. The van der Waals surface area contributed by atoms with E-state index in [-0.39, 0.29) is 60.0 Å². The Hall–Kier alpha value is -2.24. The predicted molar refractivity (Wildman–Crippen MR) is 154 cm³/mol. The van der Waals surface area contributed by atoms with Crippen molar-refractivity contribution in [1.82, 2.24) is 29.8 Å². The second-order valence-corrected chi connectivity index (χ2v) is 13.4. The highest BCUT2D eigenvalue weighted by Crippen LogP contribution is 2.33. The Kier molecular flexibility index (Phi) is 9.55. The molecule has 0 aromatic rings. The first kappa shape index (κ1) is 30.2. The zero-order valence-corrected chi connectivity index (χ0v) is 25.2. The lowest BCUT2D eigenvalue weighted by Gasteiger charge is -2.41. The summed E-state index contributed by atoms with van der Waals surface area (Å²) in [7, 11) is 4.08. The molecular weight excluding hydrogens is 524 g/mol. The number of nitrogens with zero attached hydrogens (tertiary/aromatic N) is 5. The van der Waals surface area contributed by atoms with Crippen molar-refractivity contribution in [1.29, 1.82) is 0 Å². The number of nitrogens with one attached hydrogen (secondary N) is 1. The molecule has 41 heavy (non-hydrogen) atoms. The van der Waals surface area contributed by atoms with Crippen molar-refractivity contribution in [2.45, 2.75) is 95.0 Å². The van der Waals surface area contributed by atoms with Gasteiger partial charge in [-0.1, -0.05) is 0 Å². The van der Waals surface area contributed by atoms with Crippen LogP contribution in [0.15, 0.2) is 0 Å². The molecular formula is C30H50N6O5. The number of aliphatic hydroxyl groups excluding tert-OH is 1. The van der Waals surface area contributed by atoms with Gasteiger partial charge >= 0.3 is 0 Å². The molecule has 6 atom stereocenters. The number of hydrogen-bond acceptors (Lipinski definition) is 7. The standard InChI is InChI=1S/C30H50N6O5/c1-20-26(37)17-29(40)35-11-6-21(14-27(38)33-9-4-5-10-33)22(18-35)15-28(39)34-12-7-23(8-13-34)36-19-24(32(2)3)16-25(36)30(41)31-20/h20-26,37H,4-19H2,1-3H3,(H,31,41)/t20-,21-,22-,24-,25-,26-/m0/s1. The highest BCUT2D eigenvalue weighted by atomic mass is 16.3. The summed E-state index contributed by atoms with van der Waals surface area (Å²) in [5.74, 6) is -0.0208. The van der Waals surface area contributed by atoms with Gasteiger partial charge in [-0.2, -0.15) is 0 Å². The summed E-state index contributed by atoms with van der Waals surface area (Å²) in [6.45, 7) is 6.44. The number of hydrogen-bond donors (Lipinski definition) is 2. The van der Waals surface area contributed by atoms with Crippen molar-refractivity contribution in [2.24, 2.45) is 11.8 Å². The zero-order valence-electron chi connectivity index (χ0n) is 25.2.